The lowest BCUT2D eigenvalue weighted by Crippen LogP contribution is -2.44. The lowest BCUT2D eigenvalue weighted by atomic mass is 10.1. The van der Waals surface area contributed by atoms with Crippen LogP contribution in [0.2, 0.25) is 0 Å². The summed E-state index contributed by atoms with van der Waals surface area (Å²) in [6.45, 7) is 6.00. The van der Waals surface area contributed by atoms with E-state index in [1.807, 2.05) is 0 Å². The lowest BCUT2D eigenvalue weighted by Gasteiger charge is -2.24. The van der Waals surface area contributed by atoms with Gasteiger partial charge in [-0.15, -0.1) is 0 Å². The van der Waals surface area contributed by atoms with Gasteiger partial charge >= 0.3 is 6.09 Å². The fraction of sp³-hybridized carbons (Fsp3) is 0.556. The molecule has 1 fully saturated rings. The first-order valence-corrected chi connectivity index (χ1v) is 8.23. The van der Waals surface area contributed by atoms with Gasteiger partial charge in [0.05, 0.1) is 25.1 Å². The Kier molecular flexibility index (Phi) is 6.00. The van der Waals surface area contributed by atoms with Crippen LogP contribution in [0, 0.1) is 5.82 Å². The summed E-state index contributed by atoms with van der Waals surface area (Å²) in [5, 5.41) is 2.82. The number of hydrogen-bond donors (Lipinski definition) is 1. The van der Waals surface area contributed by atoms with Crippen LogP contribution in [0.1, 0.15) is 26.3 Å². The topological polar surface area (TPSA) is 67.9 Å². The van der Waals surface area contributed by atoms with Crippen LogP contribution in [0.5, 0.6) is 0 Å². The van der Waals surface area contributed by atoms with Crippen LogP contribution in [0.4, 0.5) is 9.18 Å². The van der Waals surface area contributed by atoms with Crippen LogP contribution in [0.25, 0.3) is 0 Å². The van der Waals surface area contributed by atoms with Gasteiger partial charge in [0.15, 0.2) is 0 Å². The minimum atomic E-state index is -0.591. The molecular formula is C18H25FN2O4. The van der Waals surface area contributed by atoms with E-state index in [0.717, 1.165) is 0 Å². The molecule has 0 spiro atoms. The van der Waals surface area contributed by atoms with Crippen molar-refractivity contribution >= 4 is 12.0 Å². The van der Waals surface area contributed by atoms with Gasteiger partial charge in [-0.3, -0.25) is 4.79 Å². The summed E-state index contributed by atoms with van der Waals surface area (Å²) in [6.07, 6.45) is -0.844. The number of halogens is 1. The van der Waals surface area contributed by atoms with Crippen LogP contribution < -0.4 is 5.32 Å². The van der Waals surface area contributed by atoms with Gasteiger partial charge in [-0.1, -0.05) is 18.2 Å². The van der Waals surface area contributed by atoms with Crippen molar-refractivity contribution in [1.82, 2.24) is 10.2 Å². The van der Waals surface area contributed by atoms with E-state index in [-0.39, 0.29) is 31.0 Å². The average Bonchev–Trinajstić information content (AvgIpc) is 2.91. The molecule has 138 valence electrons. The number of nitrogens with one attached hydrogen (secondary N) is 1. The summed E-state index contributed by atoms with van der Waals surface area (Å²) in [7, 11) is 1.53. The SMILES string of the molecule is COC1CN(C(=O)OC(C)(C)C)CC1NC(=O)Cc1ccccc1F. The van der Waals surface area contributed by atoms with Crippen LogP contribution in [0.15, 0.2) is 24.3 Å². The molecule has 25 heavy (non-hydrogen) atoms. The summed E-state index contributed by atoms with van der Waals surface area (Å²) in [6, 6.07) is 5.79. The molecule has 0 aliphatic carbocycles. The molecule has 0 aromatic heterocycles. The number of ether oxygens (including phenoxy) is 2. The summed E-state index contributed by atoms with van der Waals surface area (Å²) in [4.78, 5) is 25.9. The summed E-state index contributed by atoms with van der Waals surface area (Å²) in [5.74, 6) is -0.731. The maximum atomic E-state index is 13.7. The minimum Gasteiger partial charge on any atom is -0.444 e. The van der Waals surface area contributed by atoms with E-state index in [9.17, 15) is 14.0 Å². The molecule has 2 rings (SSSR count). The first-order chi connectivity index (χ1) is 11.7. The van der Waals surface area contributed by atoms with Gasteiger partial charge in [-0.2, -0.15) is 0 Å². The molecule has 1 aliphatic rings. The fourth-order valence-corrected chi connectivity index (χ4v) is 2.70. The van der Waals surface area contributed by atoms with Crippen molar-refractivity contribution in [1.29, 1.82) is 0 Å². The number of carbonyl (C=O) groups excluding carboxylic acids is 2. The van der Waals surface area contributed by atoms with Crippen LogP contribution in [-0.2, 0) is 20.7 Å². The third-order valence-corrected chi connectivity index (χ3v) is 3.88. The van der Waals surface area contributed by atoms with Crippen molar-refractivity contribution < 1.29 is 23.5 Å². The first kappa shape index (κ1) is 19.2. The molecular weight excluding hydrogens is 327 g/mol. The number of benzene rings is 1. The molecule has 1 N–H and O–H groups in total. The van der Waals surface area contributed by atoms with Crippen molar-refractivity contribution in [2.75, 3.05) is 20.2 Å². The van der Waals surface area contributed by atoms with E-state index in [4.69, 9.17) is 9.47 Å². The molecule has 0 bridgehead atoms. The molecule has 1 aromatic carbocycles. The van der Waals surface area contributed by atoms with Crippen molar-refractivity contribution in [2.24, 2.45) is 0 Å². The second-order valence-corrected chi connectivity index (χ2v) is 7.10. The number of carbonyl (C=O) groups is 2. The van der Waals surface area contributed by atoms with Gasteiger partial charge in [0.2, 0.25) is 5.91 Å². The number of amides is 2. The Balaban J connectivity index is 1.95. The van der Waals surface area contributed by atoms with Crippen molar-refractivity contribution in [3.05, 3.63) is 35.6 Å². The number of rotatable bonds is 4. The van der Waals surface area contributed by atoms with Crippen LogP contribution in [-0.4, -0.2) is 54.8 Å². The molecule has 2 unspecified atom stereocenters. The molecule has 2 atom stereocenters. The highest BCUT2D eigenvalue weighted by molar-refractivity contribution is 5.79. The van der Waals surface area contributed by atoms with Crippen molar-refractivity contribution in [2.45, 2.75) is 44.9 Å². The van der Waals surface area contributed by atoms with Gasteiger partial charge in [-0.25, -0.2) is 9.18 Å². The predicted molar refractivity (Wildman–Crippen MR) is 90.6 cm³/mol. The highest BCUT2D eigenvalue weighted by Crippen LogP contribution is 2.18. The summed E-state index contributed by atoms with van der Waals surface area (Å²) < 4.78 is 24.4. The molecule has 0 radical (unpaired) electrons. The Morgan fingerprint density at radius 2 is 1.96 bits per heavy atom. The van der Waals surface area contributed by atoms with E-state index < -0.39 is 17.5 Å². The van der Waals surface area contributed by atoms with Gasteiger partial charge in [-0.05, 0) is 32.4 Å². The summed E-state index contributed by atoms with van der Waals surface area (Å²) >= 11 is 0. The van der Waals surface area contributed by atoms with Gasteiger partial charge in [0.25, 0.3) is 0 Å². The standard InChI is InChI=1S/C18H25FN2O4/c1-18(2,3)25-17(23)21-10-14(15(11-21)24-4)20-16(22)9-12-7-5-6-8-13(12)19/h5-8,14-15H,9-11H2,1-4H3,(H,20,22). The predicted octanol–water partition coefficient (Wildman–Crippen LogP) is 2.12. The molecule has 2 amide bonds. The maximum absolute atomic E-state index is 13.7. The van der Waals surface area contributed by atoms with Crippen LogP contribution in [0.3, 0.4) is 0 Å². The van der Waals surface area contributed by atoms with Crippen molar-refractivity contribution in [3.8, 4) is 0 Å². The maximum Gasteiger partial charge on any atom is 0.410 e. The largest absolute Gasteiger partial charge is 0.444 e. The second kappa shape index (κ2) is 7.82. The Morgan fingerprint density at radius 3 is 2.56 bits per heavy atom. The Labute approximate surface area is 147 Å². The molecule has 0 saturated carbocycles. The molecule has 1 saturated heterocycles. The van der Waals surface area contributed by atoms with Gasteiger partial charge < -0.3 is 19.7 Å². The van der Waals surface area contributed by atoms with E-state index in [1.165, 1.54) is 18.1 Å². The number of likely N-dealkylation sites (tertiary alicyclic amines) is 1. The highest BCUT2D eigenvalue weighted by Gasteiger charge is 2.38. The smallest absolute Gasteiger partial charge is 0.410 e. The highest BCUT2D eigenvalue weighted by atomic mass is 19.1. The normalized spacial score (nSPS) is 20.4. The first-order valence-electron chi connectivity index (χ1n) is 8.23. The zero-order valence-electron chi connectivity index (χ0n) is 15.0. The number of hydrogen-bond acceptors (Lipinski definition) is 4. The molecule has 7 heteroatoms. The molecule has 1 aromatic rings. The van der Waals surface area contributed by atoms with Gasteiger partial charge in [0, 0.05) is 13.7 Å². The quantitative estimate of drug-likeness (QED) is 0.901. The van der Waals surface area contributed by atoms with E-state index in [2.05, 4.69) is 5.32 Å². The zero-order valence-corrected chi connectivity index (χ0v) is 15.0. The minimum absolute atomic E-state index is 0.0634. The van der Waals surface area contributed by atoms with Crippen LogP contribution >= 0.6 is 0 Å². The van der Waals surface area contributed by atoms with E-state index >= 15 is 0 Å². The number of methoxy groups -OCH3 is 1. The van der Waals surface area contributed by atoms with Gasteiger partial charge in [0.1, 0.15) is 11.4 Å². The lowest BCUT2D eigenvalue weighted by molar-refractivity contribution is -0.121. The third-order valence-electron chi connectivity index (χ3n) is 3.88. The molecule has 1 heterocycles. The average molecular weight is 352 g/mol. The third kappa shape index (κ3) is 5.42. The Morgan fingerprint density at radius 1 is 1.28 bits per heavy atom. The molecule has 6 nitrogen and oxygen atoms in total. The second-order valence-electron chi connectivity index (χ2n) is 7.10. The Bertz CT molecular complexity index is 630. The summed E-state index contributed by atoms with van der Waals surface area (Å²) in [5.41, 5.74) is -0.262. The number of nitrogens with zero attached hydrogens (tertiary/aromatic N) is 1. The monoisotopic (exact) mass is 352 g/mol. The van der Waals surface area contributed by atoms with E-state index in [0.29, 0.717) is 12.1 Å². The Hall–Kier alpha value is -2.15. The fourth-order valence-electron chi connectivity index (χ4n) is 2.70. The molecule has 1 aliphatic heterocycles. The van der Waals surface area contributed by atoms with E-state index in [1.54, 1.807) is 39.0 Å². The zero-order chi connectivity index (χ0) is 18.6. The van der Waals surface area contributed by atoms with Crippen molar-refractivity contribution in [3.63, 3.8) is 0 Å².